The van der Waals surface area contributed by atoms with E-state index < -0.39 is 17.2 Å². The fraction of sp³-hybridized carbons (Fsp3) is 0.500. The van der Waals surface area contributed by atoms with Crippen molar-refractivity contribution >= 4 is 22.6 Å². The topological polar surface area (TPSA) is 99.7 Å². The van der Waals surface area contributed by atoms with E-state index in [9.17, 15) is 14.7 Å². The van der Waals surface area contributed by atoms with Crippen LogP contribution < -0.4 is 10.5 Å². The van der Waals surface area contributed by atoms with Crippen LogP contribution in [0.5, 0.6) is 0 Å². The smallest absolute Gasteiger partial charge is 0.264 e. The number of piperidine rings is 2. The lowest BCUT2D eigenvalue weighted by Crippen LogP contribution is -2.54. The van der Waals surface area contributed by atoms with Crippen LogP contribution in [-0.4, -0.2) is 96.7 Å². The van der Waals surface area contributed by atoms with Crippen molar-refractivity contribution in [3.05, 3.63) is 71.4 Å². The summed E-state index contributed by atoms with van der Waals surface area (Å²) in [5, 5.41) is 16.1. The molecule has 226 valence electrons. The number of hydrogen-bond donors (Lipinski definition) is 1. The molecule has 2 atom stereocenters. The van der Waals surface area contributed by atoms with Crippen molar-refractivity contribution in [3.63, 3.8) is 0 Å². The molecule has 3 fully saturated rings. The quantitative estimate of drug-likeness (QED) is 0.490. The van der Waals surface area contributed by atoms with Crippen molar-refractivity contribution in [1.29, 1.82) is 0 Å². The Labute approximate surface area is 249 Å². The number of nitrogens with zero attached hydrogens (tertiary/aromatic N) is 7. The summed E-state index contributed by atoms with van der Waals surface area (Å²) in [7, 11) is 0. The molecule has 4 aliphatic rings. The Hall–Kier alpha value is -3.83. The standard InChI is InChI=1S/C32H38FN7O3/c33-32(11-3-1-4-12-32)30(42)37-16-13-31(43,14-17-37)22-39-23-34-28-27(29(39)41)20-35-40(28)25-9-7-24(8-10-25)38-19-18-36-15-5-2-6-26(36)21-38/h1,3-4,7-11,20,23,26,43H,2,5-6,12-19,21-22H2/t26-,32?/m1/s1. The predicted octanol–water partition coefficient (Wildman–Crippen LogP) is 2.83. The van der Waals surface area contributed by atoms with Gasteiger partial charge in [0.2, 0.25) is 5.67 Å². The van der Waals surface area contributed by atoms with Crippen LogP contribution in [0, 0.1) is 0 Å². The second-order valence-electron chi connectivity index (χ2n) is 12.5. The first kappa shape index (κ1) is 28.0. The lowest BCUT2D eigenvalue weighted by Gasteiger charge is -2.45. The third-order valence-corrected chi connectivity index (χ3v) is 9.68. The first-order valence-corrected chi connectivity index (χ1v) is 15.4. The fourth-order valence-electron chi connectivity index (χ4n) is 7.06. The van der Waals surface area contributed by atoms with E-state index in [0.29, 0.717) is 17.1 Å². The number of amides is 1. The van der Waals surface area contributed by atoms with Crippen LogP contribution in [0.1, 0.15) is 38.5 Å². The van der Waals surface area contributed by atoms with E-state index in [1.807, 2.05) is 12.1 Å². The maximum Gasteiger partial charge on any atom is 0.264 e. The highest BCUT2D eigenvalue weighted by molar-refractivity contribution is 5.88. The Kier molecular flexibility index (Phi) is 7.17. The van der Waals surface area contributed by atoms with E-state index in [4.69, 9.17) is 0 Å². The summed E-state index contributed by atoms with van der Waals surface area (Å²) in [5.41, 5.74) is -1.07. The molecule has 0 bridgehead atoms. The Morgan fingerprint density at radius 3 is 2.58 bits per heavy atom. The maximum atomic E-state index is 15.1. The van der Waals surface area contributed by atoms with Gasteiger partial charge < -0.3 is 14.9 Å². The molecule has 3 aliphatic heterocycles. The van der Waals surface area contributed by atoms with Crippen molar-refractivity contribution in [2.45, 2.75) is 62.4 Å². The molecule has 11 heteroatoms. The molecule has 0 radical (unpaired) electrons. The average molecular weight is 588 g/mol. The third kappa shape index (κ3) is 5.29. The van der Waals surface area contributed by atoms with Gasteiger partial charge in [0.1, 0.15) is 11.7 Å². The molecule has 0 saturated carbocycles. The fourth-order valence-corrected chi connectivity index (χ4v) is 7.06. The Morgan fingerprint density at radius 1 is 1.02 bits per heavy atom. The van der Waals surface area contributed by atoms with Crippen LogP contribution in [0.15, 0.2) is 65.9 Å². The van der Waals surface area contributed by atoms with Gasteiger partial charge in [0, 0.05) is 50.9 Å². The summed E-state index contributed by atoms with van der Waals surface area (Å²) in [6, 6.07) is 8.89. The van der Waals surface area contributed by atoms with E-state index in [1.165, 1.54) is 59.6 Å². The molecule has 1 N–H and O–H groups in total. The number of fused-ring (bicyclic) bond motifs is 2. The normalized spacial score (nSPS) is 25.7. The molecule has 5 heterocycles. The minimum atomic E-state index is -2.04. The number of alkyl halides is 1. The first-order valence-electron chi connectivity index (χ1n) is 15.4. The van der Waals surface area contributed by atoms with Gasteiger partial charge in [0.25, 0.3) is 11.5 Å². The molecule has 7 rings (SSSR count). The number of halogens is 1. The van der Waals surface area contributed by atoms with Gasteiger partial charge in [0.15, 0.2) is 5.65 Å². The van der Waals surface area contributed by atoms with E-state index in [2.05, 4.69) is 32.0 Å². The van der Waals surface area contributed by atoms with Crippen LogP contribution >= 0.6 is 0 Å². The number of likely N-dealkylation sites (tertiary alicyclic amines) is 1. The van der Waals surface area contributed by atoms with Crippen molar-refractivity contribution in [3.8, 4) is 5.69 Å². The SMILES string of the molecule is O=C(N1CCC(O)(Cn2cnc3c(cnn3-c3ccc(N4CCN5CCCC[C@@H]5C4)cc3)c2=O)CC1)C1(F)C=CC=CC1. The summed E-state index contributed by atoms with van der Waals surface area (Å²) in [5.74, 6) is -0.581. The van der Waals surface area contributed by atoms with Crippen LogP contribution in [0.25, 0.3) is 16.7 Å². The maximum absolute atomic E-state index is 15.1. The monoisotopic (exact) mass is 587 g/mol. The Balaban J connectivity index is 1.03. The zero-order chi connectivity index (χ0) is 29.6. The molecule has 3 aromatic rings. The van der Waals surface area contributed by atoms with Crippen LogP contribution in [0.2, 0.25) is 0 Å². The Bertz CT molecular complexity index is 1620. The zero-order valence-corrected chi connectivity index (χ0v) is 24.3. The van der Waals surface area contributed by atoms with Gasteiger partial charge in [-0.3, -0.25) is 19.1 Å². The molecule has 43 heavy (non-hydrogen) atoms. The first-order chi connectivity index (χ1) is 20.8. The third-order valence-electron chi connectivity index (χ3n) is 9.68. The summed E-state index contributed by atoms with van der Waals surface area (Å²) < 4.78 is 18.2. The van der Waals surface area contributed by atoms with Gasteiger partial charge in [-0.05, 0) is 62.6 Å². The van der Waals surface area contributed by atoms with Crippen molar-refractivity contribution in [2.24, 2.45) is 0 Å². The molecule has 1 aliphatic carbocycles. The van der Waals surface area contributed by atoms with E-state index >= 15 is 4.39 Å². The summed E-state index contributed by atoms with van der Waals surface area (Å²) in [6.45, 7) is 4.86. The predicted molar refractivity (Wildman–Crippen MR) is 162 cm³/mol. The molecule has 10 nitrogen and oxygen atoms in total. The number of piperazine rings is 1. The number of allylic oxidation sites excluding steroid dienone is 3. The molecule has 0 spiro atoms. The van der Waals surface area contributed by atoms with Crippen molar-refractivity contribution in [2.75, 3.05) is 44.2 Å². The minimum Gasteiger partial charge on any atom is -0.388 e. The van der Waals surface area contributed by atoms with Crippen LogP contribution in [0.3, 0.4) is 0 Å². The van der Waals surface area contributed by atoms with E-state index in [0.717, 1.165) is 25.3 Å². The molecule has 1 unspecified atom stereocenters. The van der Waals surface area contributed by atoms with Gasteiger partial charge >= 0.3 is 0 Å². The number of carbonyl (C=O) groups is 1. The van der Waals surface area contributed by atoms with Gasteiger partial charge in [-0.25, -0.2) is 14.1 Å². The average Bonchev–Trinajstić information content (AvgIpc) is 3.48. The second kappa shape index (κ2) is 11.0. The van der Waals surface area contributed by atoms with Gasteiger partial charge in [-0.1, -0.05) is 24.6 Å². The highest BCUT2D eigenvalue weighted by Gasteiger charge is 2.42. The molecular formula is C32H38FN7O3. The van der Waals surface area contributed by atoms with Crippen LogP contribution in [0.4, 0.5) is 10.1 Å². The lowest BCUT2D eigenvalue weighted by atomic mass is 9.89. The summed E-state index contributed by atoms with van der Waals surface area (Å²) >= 11 is 0. The van der Waals surface area contributed by atoms with Gasteiger partial charge in [0.05, 0.1) is 24.0 Å². The highest BCUT2D eigenvalue weighted by Crippen LogP contribution is 2.30. The number of hydrogen-bond acceptors (Lipinski definition) is 7. The summed E-state index contributed by atoms with van der Waals surface area (Å²) in [4.78, 5) is 37.3. The molecule has 2 aromatic heterocycles. The summed E-state index contributed by atoms with van der Waals surface area (Å²) in [6.07, 6.45) is 13.6. The molecule has 1 aromatic carbocycles. The van der Waals surface area contributed by atoms with Crippen molar-refractivity contribution in [1.82, 2.24) is 29.1 Å². The number of benzene rings is 1. The highest BCUT2D eigenvalue weighted by atomic mass is 19.1. The number of aromatic nitrogens is 4. The van der Waals surface area contributed by atoms with Gasteiger partial charge in [-0.15, -0.1) is 0 Å². The van der Waals surface area contributed by atoms with E-state index in [1.54, 1.807) is 22.9 Å². The van der Waals surface area contributed by atoms with Crippen molar-refractivity contribution < 1.29 is 14.3 Å². The van der Waals surface area contributed by atoms with E-state index in [-0.39, 0.29) is 44.5 Å². The number of carbonyl (C=O) groups excluding carboxylic acids is 1. The zero-order valence-electron chi connectivity index (χ0n) is 24.3. The molecular weight excluding hydrogens is 549 g/mol. The molecule has 1 amide bonds. The van der Waals surface area contributed by atoms with Crippen LogP contribution in [-0.2, 0) is 11.3 Å². The lowest BCUT2D eigenvalue weighted by molar-refractivity contribution is -0.145. The Morgan fingerprint density at radius 2 is 1.81 bits per heavy atom. The molecule has 3 saturated heterocycles. The number of anilines is 1. The number of aliphatic hydroxyl groups is 1. The minimum absolute atomic E-state index is 0.0136. The largest absolute Gasteiger partial charge is 0.388 e. The van der Waals surface area contributed by atoms with Gasteiger partial charge in [-0.2, -0.15) is 5.10 Å². The second-order valence-corrected chi connectivity index (χ2v) is 12.5. The number of rotatable bonds is 5.